The average molecular weight is 404 g/mol. The van der Waals surface area contributed by atoms with Crippen molar-refractivity contribution in [1.29, 1.82) is 0 Å². The van der Waals surface area contributed by atoms with Crippen molar-refractivity contribution in [3.63, 3.8) is 0 Å². The second-order valence-electron chi connectivity index (χ2n) is 6.22. The smallest absolute Gasteiger partial charge is 0.387 e. The molecule has 0 aliphatic heterocycles. The van der Waals surface area contributed by atoms with Gasteiger partial charge in [0, 0.05) is 19.4 Å². The summed E-state index contributed by atoms with van der Waals surface area (Å²) < 4.78 is 47.8. The number of aromatic nitrogens is 1. The van der Waals surface area contributed by atoms with Crippen LogP contribution in [0.2, 0.25) is 0 Å². The van der Waals surface area contributed by atoms with Crippen LogP contribution in [0.4, 0.5) is 13.2 Å². The Morgan fingerprint density at radius 1 is 1.10 bits per heavy atom. The predicted octanol–water partition coefficient (Wildman–Crippen LogP) is 4.37. The van der Waals surface area contributed by atoms with Crippen LogP contribution in [0, 0.1) is 5.82 Å². The van der Waals surface area contributed by atoms with Crippen molar-refractivity contribution in [3.05, 3.63) is 72.0 Å². The maximum Gasteiger partial charge on any atom is 0.387 e. The molecule has 0 saturated heterocycles. The van der Waals surface area contributed by atoms with Crippen molar-refractivity contribution in [2.45, 2.75) is 25.9 Å². The number of hydrogen-bond acceptors (Lipinski definition) is 4. The molecule has 1 heterocycles. The van der Waals surface area contributed by atoms with Gasteiger partial charge in [-0.25, -0.2) is 9.37 Å². The van der Waals surface area contributed by atoms with Crippen LogP contribution in [-0.4, -0.2) is 24.0 Å². The highest BCUT2D eigenvalue weighted by Gasteiger charge is 2.11. The van der Waals surface area contributed by atoms with Crippen LogP contribution in [0.5, 0.6) is 5.75 Å². The number of rotatable bonds is 9. The first-order chi connectivity index (χ1) is 14.0. The maximum absolute atomic E-state index is 13.8. The average Bonchev–Trinajstić information content (AvgIpc) is 3.16. The Bertz CT molecular complexity index is 942. The van der Waals surface area contributed by atoms with Gasteiger partial charge in [-0.15, -0.1) is 0 Å². The van der Waals surface area contributed by atoms with E-state index in [1.165, 1.54) is 24.4 Å². The normalized spacial score (nSPS) is 10.9. The molecule has 0 aliphatic rings. The number of carbonyl (C=O) groups excluding carboxylic acids is 1. The number of amides is 1. The van der Waals surface area contributed by atoms with Gasteiger partial charge >= 0.3 is 6.61 Å². The van der Waals surface area contributed by atoms with Crippen LogP contribution in [0.15, 0.2) is 59.1 Å². The van der Waals surface area contributed by atoms with Crippen molar-refractivity contribution in [2.24, 2.45) is 0 Å². The fraction of sp³-hybridized carbons (Fsp3) is 0.238. The highest BCUT2D eigenvalue weighted by Crippen LogP contribution is 2.23. The summed E-state index contributed by atoms with van der Waals surface area (Å²) in [6.45, 7) is -2.45. The number of oxazole rings is 1. The molecule has 0 aliphatic carbocycles. The van der Waals surface area contributed by atoms with Gasteiger partial charge < -0.3 is 14.5 Å². The number of carbonyl (C=O) groups is 1. The Hall–Kier alpha value is -3.29. The number of nitrogens with zero attached hydrogens (tertiary/aromatic N) is 1. The van der Waals surface area contributed by atoms with Gasteiger partial charge in [0.15, 0.2) is 11.7 Å². The molecule has 152 valence electrons. The third-order valence-corrected chi connectivity index (χ3v) is 4.14. The zero-order valence-corrected chi connectivity index (χ0v) is 15.4. The van der Waals surface area contributed by atoms with Gasteiger partial charge in [-0.3, -0.25) is 4.79 Å². The third kappa shape index (κ3) is 6.10. The summed E-state index contributed by atoms with van der Waals surface area (Å²) in [5, 5.41) is 2.78. The van der Waals surface area contributed by atoms with E-state index >= 15 is 0 Å². The molecule has 0 atom stereocenters. The summed E-state index contributed by atoms with van der Waals surface area (Å²) in [5.74, 6) is 0.189. The molecule has 2 aromatic carbocycles. The SMILES string of the molecule is O=C(CCc1ncc(-c2ccccc2F)o1)NCCc1ccc(OC(F)F)cc1. The highest BCUT2D eigenvalue weighted by molar-refractivity contribution is 5.76. The molecule has 0 radical (unpaired) electrons. The van der Waals surface area contributed by atoms with E-state index in [-0.39, 0.29) is 18.1 Å². The van der Waals surface area contributed by atoms with Gasteiger partial charge in [0.25, 0.3) is 0 Å². The Balaban J connectivity index is 1.41. The number of ether oxygens (including phenoxy) is 1. The Morgan fingerprint density at radius 2 is 1.86 bits per heavy atom. The summed E-state index contributed by atoms with van der Waals surface area (Å²) in [6, 6.07) is 12.5. The van der Waals surface area contributed by atoms with Gasteiger partial charge in [0.1, 0.15) is 11.6 Å². The lowest BCUT2D eigenvalue weighted by Gasteiger charge is -2.07. The Labute approximate surface area is 165 Å². The first-order valence-electron chi connectivity index (χ1n) is 9.01. The molecule has 0 saturated carbocycles. The first-order valence-corrected chi connectivity index (χ1v) is 9.01. The summed E-state index contributed by atoms with van der Waals surface area (Å²) in [4.78, 5) is 16.1. The van der Waals surface area contributed by atoms with E-state index in [1.54, 1.807) is 30.3 Å². The zero-order valence-electron chi connectivity index (χ0n) is 15.4. The van der Waals surface area contributed by atoms with Crippen molar-refractivity contribution < 1.29 is 27.1 Å². The molecule has 0 spiro atoms. The minimum atomic E-state index is -2.86. The van der Waals surface area contributed by atoms with Crippen molar-refractivity contribution in [2.75, 3.05) is 6.54 Å². The van der Waals surface area contributed by atoms with Crippen molar-refractivity contribution in [1.82, 2.24) is 10.3 Å². The lowest BCUT2D eigenvalue weighted by molar-refractivity contribution is -0.121. The third-order valence-electron chi connectivity index (χ3n) is 4.14. The van der Waals surface area contributed by atoms with E-state index in [1.807, 2.05) is 0 Å². The monoisotopic (exact) mass is 404 g/mol. The van der Waals surface area contributed by atoms with E-state index in [2.05, 4.69) is 15.0 Å². The lowest BCUT2D eigenvalue weighted by atomic mass is 10.1. The quantitative estimate of drug-likeness (QED) is 0.575. The van der Waals surface area contributed by atoms with Gasteiger partial charge in [0.05, 0.1) is 11.8 Å². The number of halogens is 3. The van der Waals surface area contributed by atoms with Gasteiger partial charge in [-0.2, -0.15) is 8.78 Å². The fourth-order valence-electron chi connectivity index (χ4n) is 2.70. The molecule has 3 aromatic rings. The summed E-state index contributed by atoms with van der Waals surface area (Å²) in [5.41, 5.74) is 1.20. The Kier molecular flexibility index (Phi) is 6.89. The number of benzene rings is 2. The van der Waals surface area contributed by atoms with E-state index in [0.717, 1.165) is 5.56 Å². The molecule has 8 heteroatoms. The number of aryl methyl sites for hydroxylation is 1. The molecule has 1 amide bonds. The molecule has 0 bridgehead atoms. The lowest BCUT2D eigenvalue weighted by Crippen LogP contribution is -2.25. The second kappa shape index (κ2) is 9.77. The number of alkyl halides is 2. The topological polar surface area (TPSA) is 64.4 Å². The minimum absolute atomic E-state index is 0.0912. The van der Waals surface area contributed by atoms with Crippen LogP contribution < -0.4 is 10.1 Å². The van der Waals surface area contributed by atoms with Crippen LogP contribution in [0.1, 0.15) is 17.9 Å². The maximum atomic E-state index is 13.8. The van der Waals surface area contributed by atoms with Gasteiger partial charge in [-0.1, -0.05) is 24.3 Å². The first kappa shape index (κ1) is 20.4. The summed E-state index contributed by atoms with van der Waals surface area (Å²) in [7, 11) is 0. The number of nitrogens with one attached hydrogen (secondary N) is 1. The van der Waals surface area contributed by atoms with Crippen molar-refractivity contribution in [3.8, 4) is 17.1 Å². The van der Waals surface area contributed by atoms with E-state index in [4.69, 9.17) is 4.42 Å². The fourth-order valence-corrected chi connectivity index (χ4v) is 2.70. The molecular formula is C21H19F3N2O3. The van der Waals surface area contributed by atoms with Crippen LogP contribution in [0.3, 0.4) is 0 Å². The van der Waals surface area contributed by atoms with Gasteiger partial charge in [-0.05, 0) is 36.2 Å². The molecule has 3 rings (SSSR count). The van der Waals surface area contributed by atoms with Crippen LogP contribution in [-0.2, 0) is 17.6 Å². The molecule has 5 nitrogen and oxygen atoms in total. The number of hydrogen-bond donors (Lipinski definition) is 1. The van der Waals surface area contributed by atoms with Crippen LogP contribution in [0.25, 0.3) is 11.3 Å². The molecule has 0 fully saturated rings. The standard InChI is InChI=1S/C21H19F3N2O3/c22-17-4-2-1-3-16(17)18-13-26-20(29-18)10-9-19(27)25-12-11-14-5-7-15(8-6-14)28-21(23)24/h1-8,13,21H,9-12H2,(H,25,27). The van der Waals surface area contributed by atoms with E-state index in [0.29, 0.717) is 36.6 Å². The Morgan fingerprint density at radius 3 is 2.59 bits per heavy atom. The highest BCUT2D eigenvalue weighted by atomic mass is 19.3. The summed E-state index contributed by atoms with van der Waals surface area (Å²) in [6.07, 6.45) is 2.46. The molecule has 29 heavy (non-hydrogen) atoms. The minimum Gasteiger partial charge on any atom is -0.441 e. The van der Waals surface area contributed by atoms with E-state index in [9.17, 15) is 18.0 Å². The summed E-state index contributed by atoms with van der Waals surface area (Å²) >= 11 is 0. The molecule has 0 unspecified atom stereocenters. The van der Waals surface area contributed by atoms with Gasteiger partial charge in [0.2, 0.25) is 5.91 Å². The van der Waals surface area contributed by atoms with E-state index < -0.39 is 12.4 Å². The second-order valence-corrected chi connectivity index (χ2v) is 6.22. The van der Waals surface area contributed by atoms with Crippen molar-refractivity contribution >= 4 is 5.91 Å². The molecule has 1 aromatic heterocycles. The molecular weight excluding hydrogens is 385 g/mol. The largest absolute Gasteiger partial charge is 0.441 e. The van der Waals surface area contributed by atoms with Crippen LogP contribution >= 0.6 is 0 Å². The predicted molar refractivity (Wildman–Crippen MR) is 100 cm³/mol. The zero-order chi connectivity index (χ0) is 20.6. The molecule has 1 N–H and O–H groups in total.